The molecule has 220 valence electrons. The van der Waals surface area contributed by atoms with Crippen LogP contribution < -0.4 is 29.1 Å². The third-order valence-corrected chi connectivity index (χ3v) is 8.31. The molecule has 11 nitrogen and oxygen atoms in total. The van der Waals surface area contributed by atoms with Gasteiger partial charge in [0.25, 0.3) is 0 Å². The SMILES string of the molecule is COc1cc(-c2c3c(cc4c2OCO4)[C@H](OC(=O)c2cc(=O)c4ccccc4[nH]2)[C@H]2COC(=O)[C@@H]2C3)cc(OC)c1OC. The molecule has 3 aliphatic rings. The Hall–Kier alpha value is -5.19. The molecule has 0 unspecified atom stereocenters. The molecule has 11 heteroatoms. The Kier molecular flexibility index (Phi) is 6.37. The first-order valence-electron chi connectivity index (χ1n) is 13.7. The summed E-state index contributed by atoms with van der Waals surface area (Å²) in [6.07, 6.45) is -0.555. The number of benzene rings is 3. The van der Waals surface area contributed by atoms with E-state index in [1.165, 1.54) is 27.4 Å². The summed E-state index contributed by atoms with van der Waals surface area (Å²) >= 11 is 0. The van der Waals surface area contributed by atoms with Gasteiger partial charge in [-0.1, -0.05) is 12.1 Å². The van der Waals surface area contributed by atoms with Crippen LogP contribution in [0, 0.1) is 11.8 Å². The van der Waals surface area contributed by atoms with Gasteiger partial charge in [0.2, 0.25) is 12.5 Å². The average molecular weight is 586 g/mol. The highest BCUT2D eigenvalue weighted by Gasteiger charge is 2.50. The Balaban J connectivity index is 1.39. The highest BCUT2D eigenvalue weighted by molar-refractivity contribution is 5.91. The van der Waals surface area contributed by atoms with Crippen LogP contribution in [0.25, 0.3) is 22.0 Å². The minimum absolute atomic E-state index is 0.00297. The molecule has 2 aliphatic heterocycles. The molecule has 1 saturated heterocycles. The standard InChI is InChI=1S/C32H27NO10/c1-37-24-8-15(9-25(38-2)29(24)39-3)27-17-10-19-20(13-40-31(19)35)28(18(17)11-26-30(27)42-14-41-26)43-32(36)22-12-23(34)16-6-4-5-7-21(16)33-22/h4-9,11-12,19-20,28H,10,13-14H2,1-3H3,(H,33,34)/t19-,20+,28+/m1/s1. The molecule has 7 rings (SSSR count). The van der Waals surface area contributed by atoms with Crippen LogP contribution in [-0.2, 0) is 20.7 Å². The number of cyclic esters (lactones) is 1. The number of aromatic amines is 1. The first kappa shape index (κ1) is 26.7. The number of rotatable bonds is 6. The van der Waals surface area contributed by atoms with Gasteiger partial charge in [0, 0.05) is 34.0 Å². The average Bonchev–Trinajstić information content (AvgIpc) is 3.65. The summed E-state index contributed by atoms with van der Waals surface area (Å²) < 4.78 is 40.1. The second-order valence-corrected chi connectivity index (χ2v) is 10.5. The number of hydrogen-bond donors (Lipinski definition) is 1. The Morgan fingerprint density at radius 3 is 2.44 bits per heavy atom. The number of carbonyl (C=O) groups is 2. The molecule has 43 heavy (non-hydrogen) atoms. The van der Waals surface area contributed by atoms with Crippen LogP contribution in [0.1, 0.15) is 27.7 Å². The van der Waals surface area contributed by atoms with Gasteiger partial charge in [-0.05, 0) is 47.9 Å². The van der Waals surface area contributed by atoms with Gasteiger partial charge in [-0.25, -0.2) is 4.79 Å². The van der Waals surface area contributed by atoms with E-state index in [1.54, 1.807) is 42.5 Å². The summed E-state index contributed by atoms with van der Waals surface area (Å²) in [5.74, 6) is 0.122. The summed E-state index contributed by atoms with van der Waals surface area (Å²) in [6.45, 7) is 0.0798. The molecule has 1 fully saturated rings. The number of para-hydroxylation sites is 1. The molecule has 0 radical (unpaired) electrons. The number of esters is 2. The molecule has 0 bridgehead atoms. The van der Waals surface area contributed by atoms with Crippen LogP contribution in [0.2, 0.25) is 0 Å². The fourth-order valence-electron chi connectivity index (χ4n) is 6.30. The topological polar surface area (TPSA) is 132 Å². The van der Waals surface area contributed by atoms with E-state index in [4.69, 9.17) is 33.2 Å². The van der Waals surface area contributed by atoms with Gasteiger partial charge in [-0.2, -0.15) is 0 Å². The highest BCUT2D eigenvalue weighted by atomic mass is 16.7. The van der Waals surface area contributed by atoms with Gasteiger partial charge in [0.15, 0.2) is 28.4 Å². The summed E-state index contributed by atoms with van der Waals surface area (Å²) in [6, 6.07) is 13.5. The zero-order chi connectivity index (χ0) is 29.8. The zero-order valence-electron chi connectivity index (χ0n) is 23.6. The smallest absolute Gasteiger partial charge is 0.355 e. The second-order valence-electron chi connectivity index (χ2n) is 10.5. The second kappa shape index (κ2) is 10.3. The number of nitrogens with one attached hydrogen (secondary N) is 1. The summed E-state index contributed by atoms with van der Waals surface area (Å²) in [4.78, 5) is 42.3. The summed E-state index contributed by atoms with van der Waals surface area (Å²) in [5.41, 5.74) is 2.92. The molecule has 0 saturated carbocycles. The van der Waals surface area contributed by atoms with Crippen LogP contribution >= 0.6 is 0 Å². The Bertz CT molecular complexity index is 1840. The molecule has 3 heterocycles. The molecular weight excluding hydrogens is 558 g/mol. The van der Waals surface area contributed by atoms with E-state index in [0.29, 0.717) is 62.8 Å². The van der Waals surface area contributed by atoms with Crippen molar-refractivity contribution in [1.29, 1.82) is 0 Å². The third kappa shape index (κ3) is 4.22. The predicted molar refractivity (Wildman–Crippen MR) is 152 cm³/mol. The van der Waals surface area contributed by atoms with Crippen molar-refractivity contribution in [3.05, 3.63) is 75.6 Å². The number of fused-ring (bicyclic) bond motifs is 4. The number of ether oxygens (including phenoxy) is 7. The van der Waals surface area contributed by atoms with E-state index >= 15 is 0 Å². The lowest BCUT2D eigenvalue weighted by molar-refractivity contribution is -0.141. The number of hydrogen-bond acceptors (Lipinski definition) is 10. The fourth-order valence-corrected chi connectivity index (χ4v) is 6.30. The minimum Gasteiger partial charge on any atom is -0.493 e. The lowest BCUT2D eigenvalue weighted by atomic mass is 9.73. The van der Waals surface area contributed by atoms with Gasteiger partial charge >= 0.3 is 11.9 Å². The number of pyridine rings is 1. The molecule has 1 aromatic heterocycles. The Morgan fingerprint density at radius 2 is 1.70 bits per heavy atom. The van der Waals surface area contributed by atoms with Gasteiger partial charge < -0.3 is 38.1 Å². The van der Waals surface area contributed by atoms with Crippen molar-refractivity contribution in [2.75, 3.05) is 34.7 Å². The molecule has 0 amide bonds. The van der Waals surface area contributed by atoms with Crippen LogP contribution in [0.3, 0.4) is 0 Å². The third-order valence-electron chi connectivity index (χ3n) is 8.31. The Morgan fingerprint density at radius 1 is 0.930 bits per heavy atom. The van der Waals surface area contributed by atoms with Crippen molar-refractivity contribution in [2.24, 2.45) is 11.8 Å². The first-order chi connectivity index (χ1) is 20.9. The molecule has 1 N–H and O–H groups in total. The monoisotopic (exact) mass is 585 g/mol. The largest absolute Gasteiger partial charge is 0.493 e. The lowest BCUT2D eigenvalue weighted by Crippen LogP contribution is -2.33. The molecule has 0 spiro atoms. The van der Waals surface area contributed by atoms with Crippen molar-refractivity contribution in [3.63, 3.8) is 0 Å². The van der Waals surface area contributed by atoms with Crippen molar-refractivity contribution >= 4 is 22.8 Å². The van der Waals surface area contributed by atoms with Crippen molar-refractivity contribution in [2.45, 2.75) is 12.5 Å². The molecule has 4 aromatic rings. The maximum Gasteiger partial charge on any atom is 0.355 e. The lowest BCUT2D eigenvalue weighted by Gasteiger charge is -2.34. The Labute approximate surface area is 245 Å². The summed E-state index contributed by atoms with van der Waals surface area (Å²) in [7, 11) is 4.57. The van der Waals surface area contributed by atoms with Crippen molar-refractivity contribution in [1.82, 2.24) is 4.98 Å². The maximum atomic E-state index is 13.6. The summed E-state index contributed by atoms with van der Waals surface area (Å²) in [5, 5.41) is 0.458. The predicted octanol–water partition coefficient (Wildman–Crippen LogP) is 4.19. The van der Waals surface area contributed by atoms with Crippen molar-refractivity contribution in [3.8, 4) is 39.9 Å². The van der Waals surface area contributed by atoms with Gasteiger partial charge in [-0.15, -0.1) is 0 Å². The maximum absolute atomic E-state index is 13.6. The van der Waals surface area contributed by atoms with Gasteiger partial charge in [-0.3, -0.25) is 9.59 Å². The molecule has 1 aliphatic carbocycles. The van der Waals surface area contributed by atoms with Crippen LogP contribution in [0.4, 0.5) is 0 Å². The van der Waals surface area contributed by atoms with Crippen LogP contribution in [0.5, 0.6) is 28.7 Å². The van der Waals surface area contributed by atoms with E-state index in [2.05, 4.69) is 4.98 Å². The molecular formula is C32H27NO10. The van der Waals surface area contributed by atoms with E-state index in [9.17, 15) is 14.4 Å². The highest BCUT2D eigenvalue weighted by Crippen LogP contribution is 2.55. The van der Waals surface area contributed by atoms with E-state index in [1.807, 2.05) is 0 Å². The zero-order valence-corrected chi connectivity index (χ0v) is 23.6. The molecule has 3 atom stereocenters. The van der Waals surface area contributed by atoms with Crippen LogP contribution in [0.15, 0.2) is 53.3 Å². The van der Waals surface area contributed by atoms with Gasteiger partial charge in [0.1, 0.15) is 11.8 Å². The number of aromatic nitrogens is 1. The van der Waals surface area contributed by atoms with Crippen LogP contribution in [-0.4, -0.2) is 51.7 Å². The number of H-pyrrole nitrogens is 1. The first-order valence-corrected chi connectivity index (χ1v) is 13.7. The molecule has 3 aromatic carbocycles. The van der Waals surface area contributed by atoms with E-state index < -0.39 is 23.9 Å². The normalized spacial score (nSPS) is 19.8. The van der Waals surface area contributed by atoms with E-state index in [-0.39, 0.29) is 30.5 Å². The quantitative estimate of drug-likeness (QED) is 0.329. The van der Waals surface area contributed by atoms with Crippen molar-refractivity contribution < 1.29 is 42.7 Å². The fraction of sp³-hybridized carbons (Fsp3) is 0.281. The van der Waals surface area contributed by atoms with E-state index in [0.717, 1.165) is 5.56 Å². The minimum atomic E-state index is -0.877. The number of carbonyl (C=O) groups excluding carboxylic acids is 2. The van der Waals surface area contributed by atoms with Gasteiger partial charge in [0.05, 0.1) is 33.9 Å². The number of methoxy groups -OCH3 is 3.